The number of esters is 1. The first-order chi connectivity index (χ1) is 10.0. The number of nitrogens with one attached hydrogen (secondary N) is 1. The van der Waals surface area contributed by atoms with Gasteiger partial charge >= 0.3 is 5.97 Å². The standard InChI is InChI=1S/C16H16BrNO3/c1-7-4-9(17)2-3-11(7)18-15(19)13-8-5-10-12(6-8)21-16(20)14(10)13/h2-4,8,10,12-14H,5-6H2,1H3,(H,18,19)/t8-,10+,12+,13-,14-/m1/s1. The highest BCUT2D eigenvalue weighted by Crippen LogP contribution is 2.57. The van der Waals surface area contributed by atoms with Gasteiger partial charge in [-0.1, -0.05) is 15.9 Å². The summed E-state index contributed by atoms with van der Waals surface area (Å²) in [5, 5.41) is 3.00. The predicted molar refractivity (Wildman–Crippen MR) is 80.6 cm³/mol. The van der Waals surface area contributed by atoms with E-state index in [-0.39, 0.29) is 35.7 Å². The second kappa shape index (κ2) is 4.57. The highest BCUT2D eigenvalue weighted by Gasteiger charge is 2.63. The Morgan fingerprint density at radius 3 is 2.95 bits per heavy atom. The van der Waals surface area contributed by atoms with Gasteiger partial charge in [-0.15, -0.1) is 0 Å². The molecule has 1 saturated heterocycles. The van der Waals surface area contributed by atoms with Gasteiger partial charge in [0.2, 0.25) is 5.91 Å². The molecule has 1 aromatic rings. The Hall–Kier alpha value is -1.36. The van der Waals surface area contributed by atoms with E-state index in [0.717, 1.165) is 28.6 Å². The molecule has 3 aliphatic rings. The Bertz CT molecular complexity index is 642. The van der Waals surface area contributed by atoms with Crippen LogP contribution in [0.4, 0.5) is 5.69 Å². The lowest BCUT2D eigenvalue weighted by molar-refractivity contribution is -0.145. The third-order valence-corrected chi connectivity index (χ3v) is 5.73. The molecule has 0 radical (unpaired) electrons. The van der Waals surface area contributed by atoms with Crippen LogP contribution in [-0.4, -0.2) is 18.0 Å². The quantitative estimate of drug-likeness (QED) is 0.835. The van der Waals surface area contributed by atoms with Crippen molar-refractivity contribution < 1.29 is 14.3 Å². The van der Waals surface area contributed by atoms with Crippen LogP contribution in [0.5, 0.6) is 0 Å². The number of rotatable bonds is 2. The van der Waals surface area contributed by atoms with E-state index < -0.39 is 0 Å². The van der Waals surface area contributed by atoms with Gasteiger partial charge in [0, 0.05) is 16.1 Å². The van der Waals surface area contributed by atoms with Crippen LogP contribution in [0, 0.1) is 30.6 Å². The van der Waals surface area contributed by atoms with Gasteiger partial charge in [0.05, 0.1) is 11.8 Å². The SMILES string of the molecule is Cc1cc(Br)ccc1NC(=O)[C@@H]1[C@@H]2C[C@@H]3[C@H]1C(=O)O[C@H]3C2. The number of hydrogen-bond donors (Lipinski definition) is 1. The van der Waals surface area contributed by atoms with E-state index in [0.29, 0.717) is 5.92 Å². The number of carbonyl (C=O) groups excluding carboxylic acids is 2. The van der Waals surface area contributed by atoms with Crippen LogP contribution in [0.2, 0.25) is 0 Å². The van der Waals surface area contributed by atoms with Crippen LogP contribution in [0.25, 0.3) is 0 Å². The summed E-state index contributed by atoms with van der Waals surface area (Å²) in [5.74, 6) is -0.0711. The molecule has 1 aromatic carbocycles. The van der Waals surface area contributed by atoms with Gasteiger partial charge < -0.3 is 10.1 Å². The van der Waals surface area contributed by atoms with Crippen LogP contribution in [0.1, 0.15) is 18.4 Å². The normalized spacial score (nSPS) is 35.9. The summed E-state index contributed by atoms with van der Waals surface area (Å²) in [6.45, 7) is 1.96. The molecule has 5 atom stereocenters. The molecule has 1 aliphatic heterocycles. The van der Waals surface area contributed by atoms with E-state index in [4.69, 9.17) is 4.74 Å². The van der Waals surface area contributed by atoms with Crippen molar-refractivity contribution in [1.82, 2.24) is 0 Å². The monoisotopic (exact) mass is 349 g/mol. The summed E-state index contributed by atoms with van der Waals surface area (Å²) in [6.07, 6.45) is 1.88. The number of hydrogen-bond acceptors (Lipinski definition) is 3. The Balaban J connectivity index is 1.57. The van der Waals surface area contributed by atoms with Crippen molar-refractivity contribution in [3.63, 3.8) is 0 Å². The molecule has 0 aromatic heterocycles. The van der Waals surface area contributed by atoms with Crippen LogP contribution < -0.4 is 5.32 Å². The van der Waals surface area contributed by atoms with Crippen molar-refractivity contribution in [3.05, 3.63) is 28.2 Å². The molecule has 2 aliphatic carbocycles. The molecular weight excluding hydrogens is 334 g/mol. The molecule has 4 nitrogen and oxygen atoms in total. The van der Waals surface area contributed by atoms with Gasteiger partial charge in [0.25, 0.3) is 0 Å². The minimum Gasteiger partial charge on any atom is -0.462 e. The number of benzene rings is 1. The second-order valence-corrected chi connectivity index (χ2v) is 7.29. The summed E-state index contributed by atoms with van der Waals surface area (Å²) in [7, 11) is 0. The zero-order valence-electron chi connectivity index (χ0n) is 11.6. The maximum absolute atomic E-state index is 12.6. The van der Waals surface area contributed by atoms with Gasteiger partial charge in [0.1, 0.15) is 6.10 Å². The van der Waals surface area contributed by atoms with Crippen molar-refractivity contribution in [2.75, 3.05) is 5.32 Å². The summed E-state index contributed by atoms with van der Waals surface area (Å²) >= 11 is 3.42. The molecule has 2 bridgehead atoms. The van der Waals surface area contributed by atoms with Crippen molar-refractivity contribution in [2.45, 2.75) is 25.9 Å². The van der Waals surface area contributed by atoms with Crippen molar-refractivity contribution >= 4 is 33.5 Å². The second-order valence-electron chi connectivity index (χ2n) is 6.37. The molecule has 1 N–H and O–H groups in total. The van der Waals surface area contributed by atoms with Crippen molar-refractivity contribution in [2.24, 2.45) is 23.7 Å². The van der Waals surface area contributed by atoms with Gasteiger partial charge in [-0.3, -0.25) is 9.59 Å². The number of ether oxygens (including phenoxy) is 1. The van der Waals surface area contributed by atoms with E-state index in [9.17, 15) is 9.59 Å². The first kappa shape index (κ1) is 13.3. The molecule has 21 heavy (non-hydrogen) atoms. The fraction of sp³-hybridized carbons (Fsp3) is 0.500. The average Bonchev–Trinajstić information content (AvgIpc) is 3.02. The summed E-state index contributed by atoms with van der Waals surface area (Å²) in [5.41, 5.74) is 1.82. The van der Waals surface area contributed by atoms with Crippen LogP contribution in [0.3, 0.4) is 0 Å². The van der Waals surface area contributed by atoms with Crippen LogP contribution >= 0.6 is 15.9 Å². The predicted octanol–water partition coefficient (Wildman–Crippen LogP) is 2.89. The Morgan fingerprint density at radius 1 is 1.38 bits per heavy atom. The largest absolute Gasteiger partial charge is 0.462 e. The van der Waals surface area contributed by atoms with E-state index in [1.165, 1.54) is 0 Å². The first-order valence-corrected chi connectivity index (χ1v) is 8.11. The van der Waals surface area contributed by atoms with Crippen LogP contribution in [0.15, 0.2) is 22.7 Å². The number of fused-ring (bicyclic) bond motifs is 1. The van der Waals surface area contributed by atoms with E-state index in [1.807, 2.05) is 25.1 Å². The number of anilines is 1. The van der Waals surface area contributed by atoms with Gasteiger partial charge in [-0.2, -0.15) is 0 Å². The van der Waals surface area contributed by atoms with Crippen molar-refractivity contribution in [1.29, 1.82) is 0 Å². The lowest BCUT2D eigenvalue weighted by Crippen LogP contribution is -2.36. The maximum Gasteiger partial charge on any atom is 0.310 e. The molecule has 1 amide bonds. The Morgan fingerprint density at radius 2 is 2.19 bits per heavy atom. The molecule has 4 rings (SSSR count). The van der Waals surface area contributed by atoms with Crippen molar-refractivity contribution in [3.8, 4) is 0 Å². The lowest BCUT2D eigenvalue weighted by atomic mass is 9.79. The minimum atomic E-state index is -0.218. The summed E-state index contributed by atoms with van der Waals surface area (Å²) in [6, 6.07) is 5.76. The number of halogens is 1. The Labute approximate surface area is 131 Å². The first-order valence-electron chi connectivity index (χ1n) is 7.32. The zero-order chi connectivity index (χ0) is 14.7. The van der Waals surface area contributed by atoms with Gasteiger partial charge in [0.15, 0.2) is 0 Å². The fourth-order valence-electron chi connectivity index (χ4n) is 4.35. The number of carbonyl (C=O) groups is 2. The van der Waals surface area contributed by atoms with Gasteiger partial charge in [-0.25, -0.2) is 0 Å². The topological polar surface area (TPSA) is 55.4 Å². The highest BCUT2D eigenvalue weighted by molar-refractivity contribution is 9.10. The van der Waals surface area contributed by atoms with Crippen LogP contribution in [-0.2, 0) is 14.3 Å². The zero-order valence-corrected chi connectivity index (χ0v) is 13.2. The molecule has 110 valence electrons. The van der Waals surface area contributed by atoms with E-state index >= 15 is 0 Å². The molecule has 0 unspecified atom stereocenters. The number of aryl methyl sites for hydroxylation is 1. The molecule has 3 fully saturated rings. The third kappa shape index (κ3) is 1.94. The summed E-state index contributed by atoms with van der Waals surface area (Å²) < 4.78 is 6.37. The molecule has 1 heterocycles. The minimum absolute atomic E-state index is 0.0322. The smallest absolute Gasteiger partial charge is 0.310 e. The maximum atomic E-state index is 12.6. The Kier molecular flexibility index (Phi) is 2.89. The molecule has 5 heteroatoms. The molecule has 2 saturated carbocycles. The highest BCUT2D eigenvalue weighted by atomic mass is 79.9. The fourth-order valence-corrected chi connectivity index (χ4v) is 4.82. The lowest BCUT2D eigenvalue weighted by Gasteiger charge is -2.24. The van der Waals surface area contributed by atoms with E-state index in [1.54, 1.807) is 0 Å². The molecular formula is C16H16BrNO3. The third-order valence-electron chi connectivity index (χ3n) is 5.23. The molecule has 0 spiro atoms. The van der Waals surface area contributed by atoms with E-state index in [2.05, 4.69) is 21.2 Å². The van der Waals surface area contributed by atoms with Gasteiger partial charge in [-0.05, 0) is 49.4 Å². The average molecular weight is 350 g/mol. The number of amides is 1. The summed E-state index contributed by atoms with van der Waals surface area (Å²) in [4.78, 5) is 24.6.